The summed E-state index contributed by atoms with van der Waals surface area (Å²) in [6.45, 7) is 3.55. The van der Waals surface area contributed by atoms with Gasteiger partial charge in [0.2, 0.25) is 0 Å². The van der Waals surface area contributed by atoms with Gasteiger partial charge in [0.1, 0.15) is 0 Å². The topological polar surface area (TPSA) is 66.4 Å². The number of aliphatic carboxylic acids is 1. The lowest BCUT2D eigenvalue weighted by Crippen LogP contribution is -2.51. The highest BCUT2D eigenvalue weighted by Crippen LogP contribution is 2.28. The SMILES string of the molecule is CCC(NC(=O)c1sccc1C)(C(=O)O)c1ccc(Cl)cc1. The van der Waals surface area contributed by atoms with Gasteiger partial charge >= 0.3 is 5.97 Å². The van der Waals surface area contributed by atoms with Crippen LogP contribution in [0.4, 0.5) is 0 Å². The van der Waals surface area contributed by atoms with E-state index in [-0.39, 0.29) is 12.3 Å². The van der Waals surface area contributed by atoms with E-state index in [9.17, 15) is 14.7 Å². The third-order valence-corrected chi connectivity index (χ3v) is 4.89. The van der Waals surface area contributed by atoms with E-state index in [1.165, 1.54) is 11.3 Å². The average Bonchev–Trinajstić information content (AvgIpc) is 2.91. The van der Waals surface area contributed by atoms with Crippen LogP contribution in [0.1, 0.15) is 34.1 Å². The molecule has 0 aliphatic carbocycles. The van der Waals surface area contributed by atoms with Crippen LogP contribution in [0.25, 0.3) is 0 Å². The van der Waals surface area contributed by atoms with Crippen molar-refractivity contribution in [3.8, 4) is 0 Å². The number of rotatable bonds is 5. The summed E-state index contributed by atoms with van der Waals surface area (Å²) in [7, 11) is 0. The summed E-state index contributed by atoms with van der Waals surface area (Å²) in [6.07, 6.45) is 0.222. The summed E-state index contributed by atoms with van der Waals surface area (Å²) in [5.41, 5.74) is -0.151. The van der Waals surface area contributed by atoms with Gasteiger partial charge in [-0.15, -0.1) is 11.3 Å². The Hall–Kier alpha value is -1.85. The highest BCUT2D eigenvalue weighted by atomic mass is 35.5. The summed E-state index contributed by atoms with van der Waals surface area (Å²) < 4.78 is 0. The molecule has 1 heterocycles. The van der Waals surface area contributed by atoms with E-state index in [0.717, 1.165) is 5.56 Å². The summed E-state index contributed by atoms with van der Waals surface area (Å²) in [4.78, 5) is 24.9. The van der Waals surface area contributed by atoms with Crippen LogP contribution < -0.4 is 5.32 Å². The minimum absolute atomic E-state index is 0.222. The van der Waals surface area contributed by atoms with Crippen molar-refractivity contribution < 1.29 is 14.7 Å². The van der Waals surface area contributed by atoms with Gasteiger partial charge in [-0.05, 0) is 48.1 Å². The van der Waals surface area contributed by atoms with Crippen molar-refractivity contribution in [2.24, 2.45) is 0 Å². The minimum atomic E-state index is -1.47. The normalized spacial score (nSPS) is 13.4. The molecule has 0 radical (unpaired) electrons. The van der Waals surface area contributed by atoms with Gasteiger partial charge in [0.15, 0.2) is 5.54 Å². The molecule has 1 amide bonds. The third kappa shape index (κ3) is 3.00. The van der Waals surface area contributed by atoms with Gasteiger partial charge in [-0.3, -0.25) is 4.79 Å². The van der Waals surface area contributed by atoms with Crippen molar-refractivity contribution in [3.63, 3.8) is 0 Å². The maximum atomic E-state index is 12.5. The molecule has 22 heavy (non-hydrogen) atoms. The fourth-order valence-corrected chi connectivity index (χ4v) is 3.23. The molecule has 0 aliphatic rings. The standard InChI is InChI=1S/C16H16ClNO3S/c1-3-16(15(20)21,11-4-6-12(17)7-5-11)18-14(19)13-10(2)8-9-22-13/h4-9H,3H2,1-2H3,(H,18,19)(H,20,21). The largest absolute Gasteiger partial charge is 0.479 e. The minimum Gasteiger partial charge on any atom is -0.479 e. The van der Waals surface area contributed by atoms with Crippen LogP contribution in [0.3, 0.4) is 0 Å². The first-order chi connectivity index (χ1) is 10.4. The van der Waals surface area contributed by atoms with Crippen LogP contribution in [-0.2, 0) is 10.3 Å². The zero-order chi connectivity index (χ0) is 16.3. The monoisotopic (exact) mass is 337 g/mol. The smallest absolute Gasteiger partial charge is 0.334 e. The van der Waals surface area contributed by atoms with E-state index in [1.807, 2.05) is 13.0 Å². The number of carbonyl (C=O) groups excluding carboxylic acids is 1. The Morgan fingerprint density at radius 2 is 1.91 bits per heavy atom. The zero-order valence-electron chi connectivity index (χ0n) is 12.2. The summed E-state index contributed by atoms with van der Waals surface area (Å²) in [5.74, 6) is -1.48. The Morgan fingerprint density at radius 1 is 1.27 bits per heavy atom. The van der Waals surface area contributed by atoms with Crippen LogP contribution in [0.5, 0.6) is 0 Å². The van der Waals surface area contributed by atoms with Crippen molar-refractivity contribution >= 4 is 34.8 Å². The van der Waals surface area contributed by atoms with E-state index in [0.29, 0.717) is 15.5 Å². The first-order valence-electron chi connectivity index (χ1n) is 6.76. The molecule has 2 rings (SSSR count). The van der Waals surface area contributed by atoms with Crippen LogP contribution >= 0.6 is 22.9 Å². The predicted octanol–water partition coefficient (Wildman–Crippen LogP) is 3.83. The molecule has 1 unspecified atom stereocenters. The Labute approximate surface area is 137 Å². The van der Waals surface area contributed by atoms with Gasteiger partial charge in [-0.1, -0.05) is 30.7 Å². The van der Waals surface area contributed by atoms with Crippen LogP contribution in [-0.4, -0.2) is 17.0 Å². The lowest BCUT2D eigenvalue weighted by atomic mass is 9.87. The quantitative estimate of drug-likeness (QED) is 0.871. The number of carboxylic acids is 1. The highest BCUT2D eigenvalue weighted by Gasteiger charge is 2.40. The number of nitrogens with one attached hydrogen (secondary N) is 1. The molecular formula is C16H16ClNO3S. The number of carbonyl (C=O) groups is 2. The zero-order valence-corrected chi connectivity index (χ0v) is 13.8. The Morgan fingerprint density at radius 3 is 2.36 bits per heavy atom. The molecule has 0 aliphatic heterocycles. The fraction of sp³-hybridized carbons (Fsp3) is 0.250. The number of amides is 1. The molecule has 0 saturated heterocycles. The molecule has 6 heteroatoms. The van der Waals surface area contributed by atoms with E-state index < -0.39 is 11.5 Å². The second kappa shape index (κ2) is 6.50. The maximum Gasteiger partial charge on any atom is 0.334 e. The molecule has 0 spiro atoms. The number of hydrogen-bond donors (Lipinski definition) is 2. The lowest BCUT2D eigenvalue weighted by Gasteiger charge is -2.30. The van der Waals surface area contributed by atoms with Crippen molar-refractivity contribution in [2.45, 2.75) is 25.8 Å². The fourth-order valence-electron chi connectivity index (χ4n) is 2.28. The third-order valence-electron chi connectivity index (χ3n) is 3.63. The van der Waals surface area contributed by atoms with Gasteiger partial charge in [-0.2, -0.15) is 0 Å². The lowest BCUT2D eigenvalue weighted by molar-refractivity contribution is -0.145. The molecule has 1 atom stereocenters. The van der Waals surface area contributed by atoms with Crippen molar-refractivity contribution in [1.82, 2.24) is 5.32 Å². The summed E-state index contributed by atoms with van der Waals surface area (Å²) >= 11 is 7.15. The number of thiophene rings is 1. The van der Waals surface area contributed by atoms with E-state index in [2.05, 4.69) is 5.32 Å². The van der Waals surface area contributed by atoms with Crippen LogP contribution in [0.2, 0.25) is 5.02 Å². The molecule has 0 saturated carbocycles. The average molecular weight is 338 g/mol. The maximum absolute atomic E-state index is 12.5. The summed E-state index contributed by atoms with van der Waals surface area (Å²) in [5, 5.41) is 14.7. The first kappa shape index (κ1) is 16.5. The van der Waals surface area contributed by atoms with Crippen molar-refractivity contribution in [2.75, 3.05) is 0 Å². The Balaban J connectivity index is 2.42. The van der Waals surface area contributed by atoms with Crippen LogP contribution in [0.15, 0.2) is 35.7 Å². The number of benzene rings is 1. The van der Waals surface area contributed by atoms with Gasteiger partial charge in [0.05, 0.1) is 4.88 Å². The molecule has 0 fully saturated rings. The number of halogens is 1. The van der Waals surface area contributed by atoms with E-state index in [1.54, 1.807) is 36.6 Å². The second-order valence-corrected chi connectivity index (χ2v) is 6.31. The number of aryl methyl sites for hydroxylation is 1. The van der Waals surface area contributed by atoms with E-state index >= 15 is 0 Å². The van der Waals surface area contributed by atoms with Crippen LogP contribution in [0, 0.1) is 6.92 Å². The van der Waals surface area contributed by atoms with Crippen molar-refractivity contribution in [3.05, 3.63) is 56.7 Å². The number of carboxylic acid groups (broad SMARTS) is 1. The predicted molar refractivity (Wildman–Crippen MR) is 87.6 cm³/mol. The molecule has 1 aromatic heterocycles. The van der Waals surface area contributed by atoms with E-state index in [4.69, 9.17) is 11.6 Å². The first-order valence-corrected chi connectivity index (χ1v) is 8.02. The number of hydrogen-bond acceptors (Lipinski definition) is 3. The Kier molecular flexibility index (Phi) is 4.88. The highest BCUT2D eigenvalue weighted by molar-refractivity contribution is 7.12. The molecule has 4 nitrogen and oxygen atoms in total. The van der Waals surface area contributed by atoms with Crippen molar-refractivity contribution in [1.29, 1.82) is 0 Å². The molecular weight excluding hydrogens is 322 g/mol. The van der Waals surface area contributed by atoms with Gasteiger partial charge in [-0.25, -0.2) is 4.79 Å². The molecule has 116 valence electrons. The molecule has 0 bridgehead atoms. The van der Waals surface area contributed by atoms with Gasteiger partial charge in [0, 0.05) is 5.02 Å². The Bertz CT molecular complexity index is 696. The van der Waals surface area contributed by atoms with Gasteiger partial charge in [0.25, 0.3) is 5.91 Å². The molecule has 2 N–H and O–H groups in total. The summed E-state index contributed by atoms with van der Waals surface area (Å²) in [6, 6.07) is 8.32. The molecule has 1 aromatic carbocycles. The molecule has 2 aromatic rings. The van der Waals surface area contributed by atoms with Gasteiger partial charge < -0.3 is 10.4 Å². The second-order valence-electron chi connectivity index (χ2n) is 4.96.